The quantitative estimate of drug-likeness (QED) is 0.812. The number of aromatic nitrogens is 1. The zero-order chi connectivity index (χ0) is 19.6. The van der Waals surface area contributed by atoms with Gasteiger partial charge >= 0.3 is 0 Å². The molecule has 1 aliphatic heterocycles. The average Bonchev–Trinajstić information content (AvgIpc) is 2.90. The van der Waals surface area contributed by atoms with Crippen molar-refractivity contribution in [2.24, 2.45) is 7.05 Å². The topological polar surface area (TPSA) is 71.8 Å². The van der Waals surface area contributed by atoms with Gasteiger partial charge < -0.3 is 19.1 Å². The summed E-state index contributed by atoms with van der Waals surface area (Å²) < 4.78 is 6.72. The highest BCUT2D eigenvalue weighted by Gasteiger charge is 2.25. The van der Waals surface area contributed by atoms with Crippen LogP contribution in [-0.2, 0) is 16.6 Å². The number of pyridine rings is 1. The van der Waals surface area contributed by atoms with Crippen molar-refractivity contribution >= 4 is 22.7 Å². The van der Waals surface area contributed by atoms with Crippen LogP contribution >= 0.6 is 0 Å². The summed E-state index contributed by atoms with van der Waals surface area (Å²) in [4.78, 5) is 41.4. The van der Waals surface area contributed by atoms with Crippen LogP contribution in [0.1, 0.15) is 22.3 Å². The van der Waals surface area contributed by atoms with Crippen molar-refractivity contribution in [3.8, 4) is 0 Å². The molecule has 0 atom stereocenters. The molecule has 0 unspecified atom stereocenters. The number of amides is 2. The molecule has 1 aliphatic rings. The molecular weight excluding hydrogens is 346 g/mol. The Kier molecular flexibility index (Phi) is 5.60. The maximum absolute atomic E-state index is 13.0. The molecule has 1 aromatic heterocycles. The van der Waals surface area contributed by atoms with Crippen LogP contribution in [0.25, 0.3) is 10.9 Å². The summed E-state index contributed by atoms with van der Waals surface area (Å²) in [6, 6.07) is 5.66. The zero-order valence-corrected chi connectivity index (χ0v) is 16.0. The maximum Gasteiger partial charge on any atom is 0.259 e. The van der Waals surface area contributed by atoms with Crippen LogP contribution in [0.5, 0.6) is 0 Å². The first-order valence-corrected chi connectivity index (χ1v) is 9.08. The van der Waals surface area contributed by atoms with E-state index in [0.717, 1.165) is 11.1 Å². The number of methoxy groups -OCH3 is 1. The normalized spacial score (nSPS) is 15.1. The van der Waals surface area contributed by atoms with E-state index in [2.05, 4.69) is 0 Å². The Morgan fingerprint density at radius 2 is 1.81 bits per heavy atom. The lowest BCUT2D eigenvalue weighted by atomic mass is 10.1. The summed E-state index contributed by atoms with van der Waals surface area (Å²) >= 11 is 0. The van der Waals surface area contributed by atoms with Crippen LogP contribution < -0.4 is 5.43 Å². The first kappa shape index (κ1) is 19.1. The van der Waals surface area contributed by atoms with Gasteiger partial charge in [0.15, 0.2) is 0 Å². The van der Waals surface area contributed by atoms with Crippen LogP contribution in [0.4, 0.5) is 0 Å². The zero-order valence-electron chi connectivity index (χ0n) is 16.0. The van der Waals surface area contributed by atoms with Crippen LogP contribution in [0, 0.1) is 6.92 Å². The number of nitrogens with zero attached hydrogens (tertiary/aromatic N) is 3. The second-order valence-electron chi connectivity index (χ2n) is 6.96. The lowest BCUT2D eigenvalue weighted by molar-refractivity contribution is -0.135. The molecule has 0 bridgehead atoms. The monoisotopic (exact) mass is 371 g/mol. The summed E-state index contributed by atoms with van der Waals surface area (Å²) in [5, 5.41) is 0.551. The first-order chi connectivity index (χ1) is 12.9. The third kappa shape index (κ3) is 3.88. The predicted molar refractivity (Wildman–Crippen MR) is 103 cm³/mol. The van der Waals surface area contributed by atoms with Gasteiger partial charge in [-0.1, -0.05) is 11.6 Å². The second-order valence-corrected chi connectivity index (χ2v) is 6.96. The van der Waals surface area contributed by atoms with Crippen LogP contribution in [0.2, 0.25) is 0 Å². The van der Waals surface area contributed by atoms with Gasteiger partial charge in [0, 0.05) is 51.9 Å². The fraction of sp³-hybridized carbons (Fsp3) is 0.450. The number of carbonyl (C=O) groups is 2. The third-order valence-corrected chi connectivity index (χ3v) is 4.98. The first-order valence-electron chi connectivity index (χ1n) is 9.08. The van der Waals surface area contributed by atoms with Gasteiger partial charge in [-0.25, -0.2) is 0 Å². The fourth-order valence-electron chi connectivity index (χ4n) is 3.51. The molecule has 144 valence electrons. The van der Waals surface area contributed by atoms with Crippen LogP contribution in [-0.4, -0.2) is 66.1 Å². The molecule has 27 heavy (non-hydrogen) atoms. The molecule has 7 heteroatoms. The number of ether oxygens (including phenoxy) is 1. The summed E-state index contributed by atoms with van der Waals surface area (Å²) in [5.74, 6) is -0.357. The van der Waals surface area contributed by atoms with E-state index in [1.54, 1.807) is 16.0 Å². The third-order valence-electron chi connectivity index (χ3n) is 4.98. The van der Waals surface area contributed by atoms with Crippen molar-refractivity contribution in [3.63, 3.8) is 0 Å². The average molecular weight is 371 g/mol. The molecule has 1 aromatic carbocycles. The smallest absolute Gasteiger partial charge is 0.259 e. The van der Waals surface area contributed by atoms with Gasteiger partial charge in [0.1, 0.15) is 12.2 Å². The van der Waals surface area contributed by atoms with E-state index >= 15 is 0 Å². The van der Waals surface area contributed by atoms with Crippen molar-refractivity contribution in [3.05, 3.63) is 45.7 Å². The molecule has 0 aliphatic carbocycles. The second kappa shape index (κ2) is 7.92. The highest BCUT2D eigenvalue weighted by molar-refractivity contribution is 5.97. The molecule has 7 nitrogen and oxygen atoms in total. The highest BCUT2D eigenvalue weighted by atomic mass is 16.5. The van der Waals surface area contributed by atoms with Crippen LogP contribution in [0.3, 0.4) is 0 Å². The van der Waals surface area contributed by atoms with Crippen LogP contribution in [0.15, 0.2) is 29.2 Å². The Morgan fingerprint density at radius 1 is 1.11 bits per heavy atom. The Hall–Kier alpha value is -2.67. The summed E-state index contributed by atoms with van der Waals surface area (Å²) in [6.45, 7) is 3.92. The molecule has 0 spiro atoms. The molecule has 1 saturated heterocycles. The lowest BCUT2D eigenvalue weighted by Gasteiger charge is -2.22. The number of carbonyl (C=O) groups excluding carboxylic acids is 2. The number of hydrogen-bond acceptors (Lipinski definition) is 4. The lowest BCUT2D eigenvalue weighted by Crippen LogP contribution is -2.39. The minimum Gasteiger partial charge on any atom is -0.375 e. The molecule has 0 N–H and O–H groups in total. The van der Waals surface area contributed by atoms with Crippen molar-refractivity contribution in [1.29, 1.82) is 0 Å². The van der Waals surface area contributed by atoms with E-state index in [9.17, 15) is 14.4 Å². The van der Waals surface area contributed by atoms with Gasteiger partial charge in [-0.3, -0.25) is 14.4 Å². The van der Waals surface area contributed by atoms with Crippen molar-refractivity contribution in [1.82, 2.24) is 14.4 Å². The van der Waals surface area contributed by atoms with E-state index in [1.165, 1.54) is 7.11 Å². The largest absolute Gasteiger partial charge is 0.375 e. The van der Waals surface area contributed by atoms with E-state index in [1.807, 2.05) is 36.7 Å². The fourth-order valence-corrected chi connectivity index (χ4v) is 3.51. The predicted octanol–water partition coefficient (Wildman–Crippen LogP) is 1.17. The van der Waals surface area contributed by atoms with Gasteiger partial charge in [0.25, 0.3) is 5.91 Å². The van der Waals surface area contributed by atoms with E-state index in [0.29, 0.717) is 38.0 Å². The molecule has 0 saturated carbocycles. The van der Waals surface area contributed by atoms with Gasteiger partial charge in [-0.2, -0.15) is 0 Å². The van der Waals surface area contributed by atoms with Gasteiger partial charge in [-0.05, 0) is 25.5 Å². The maximum atomic E-state index is 13.0. The number of rotatable bonds is 3. The number of benzene rings is 1. The molecule has 2 aromatic rings. The van der Waals surface area contributed by atoms with E-state index in [4.69, 9.17) is 4.74 Å². The van der Waals surface area contributed by atoms with Gasteiger partial charge in [-0.15, -0.1) is 0 Å². The standard InChI is InChI=1S/C20H25N3O4/c1-14-5-6-17-15(11-14)19(25)16(12-21(17)2)20(26)23-8-4-7-22(9-10-23)18(24)13-27-3/h5-6,11-12H,4,7-10,13H2,1-3H3. The Morgan fingerprint density at radius 3 is 2.56 bits per heavy atom. The Balaban J connectivity index is 1.87. The molecule has 3 rings (SSSR count). The number of hydrogen-bond donors (Lipinski definition) is 0. The van der Waals surface area contributed by atoms with Gasteiger partial charge in [0.2, 0.25) is 11.3 Å². The highest BCUT2D eigenvalue weighted by Crippen LogP contribution is 2.15. The SMILES string of the molecule is COCC(=O)N1CCCN(C(=O)c2cn(C)c3ccc(C)cc3c2=O)CC1. The Labute approximate surface area is 158 Å². The molecule has 2 heterocycles. The molecule has 2 amide bonds. The molecule has 0 radical (unpaired) electrons. The molecular formula is C20H25N3O4. The Bertz CT molecular complexity index is 935. The van der Waals surface area contributed by atoms with Crippen molar-refractivity contribution in [2.75, 3.05) is 39.9 Å². The minimum absolute atomic E-state index is 0.0402. The van der Waals surface area contributed by atoms with Gasteiger partial charge in [0.05, 0.1) is 5.52 Å². The summed E-state index contributed by atoms with van der Waals surface area (Å²) in [6.07, 6.45) is 2.29. The van der Waals surface area contributed by atoms with Crippen molar-refractivity contribution in [2.45, 2.75) is 13.3 Å². The minimum atomic E-state index is -0.278. The number of aryl methyl sites for hydroxylation is 2. The summed E-state index contributed by atoms with van der Waals surface area (Å²) in [5.41, 5.74) is 1.71. The van der Waals surface area contributed by atoms with Crippen molar-refractivity contribution < 1.29 is 14.3 Å². The molecule has 1 fully saturated rings. The van der Waals surface area contributed by atoms with E-state index < -0.39 is 0 Å². The number of fused-ring (bicyclic) bond motifs is 1. The van der Waals surface area contributed by atoms with E-state index in [-0.39, 0.29) is 29.4 Å². The summed E-state index contributed by atoms with van der Waals surface area (Å²) in [7, 11) is 3.32.